The van der Waals surface area contributed by atoms with E-state index in [1.165, 1.54) is 18.5 Å². The Balaban J connectivity index is 1.48. The van der Waals surface area contributed by atoms with Crippen molar-refractivity contribution in [2.45, 2.75) is 32.6 Å². The van der Waals surface area contributed by atoms with Crippen molar-refractivity contribution >= 4 is 17.3 Å². The van der Waals surface area contributed by atoms with Crippen LogP contribution in [0, 0.1) is 17.2 Å². The minimum absolute atomic E-state index is 0.00825. The second kappa shape index (κ2) is 8.53. The van der Waals surface area contributed by atoms with Gasteiger partial charge in [0, 0.05) is 30.9 Å². The van der Waals surface area contributed by atoms with Gasteiger partial charge in [-0.2, -0.15) is 5.26 Å². The number of piperidine rings is 1. The minimum Gasteiger partial charge on any atom is -0.372 e. The molecular formula is C22H25N3O. The smallest absolute Gasteiger partial charge is 0.224 e. The van der Waals surface area contributed by atoms with Crippen LogP contribution in [0.15, 0.2) is 48.5 Å². The molecule has 0 bridgehead atoms. The van der Waals surface area contributed by atoms with E-state index in [1.54, 1.807) is 12.1 Å². The van der Waals surface area contributed by atoms with Gasteiger partial charge in [0.15, 0.2) is 0 Å². The van der Waals surface area contributed by atoms with Gasteiger partial charge in [0.05, 0.1) is 11.6 Å². The summed E-state index contributed by atoms with van der Waals surface area (Å²) in [6.07, 6.45) is 3.58. The molecule has 134 valence electrons. The third kappa shape index (κ3) is 4.86. The topological polar surface area (TPSA) is 56.1 Å². The maximum absolute atomic E-state index is 12.2. The third-order valence-electron chi connectivity index (χ3n) is 5.02. The molecule has 2 aromatic rings. The van der Waals surface area contributed by atoms with Gasteiger partial charge in [-0.15, -0.1) is 0 Å². The maximum atomic E-state index is 12.2. The molecule has 1 aliphatic rings. The van der Waals surface area contributed by atoms with E-state index in [4.69, 9.17) is 5.26 Å². The summed E-state index contributed by atoms with van der Waals surface area (Å²) in [6.45, 7) is 4.53. The summed E-state index contributed by atoms with van der Waals surface area (Å²) < 4.78 is 0. The number of anilines is 2. The summed E-state index contributed by atoms with van der Waals surface area (Å²) in [7, 11) is 0. The molecule has 0 saturated carbocycles. The molecule has 0 aromatic heterocycles. The zero-order valence-corrected chi connectivity index (χ0v) is 15.2. The highest BCUT2D eigenvalue weighted by molar-refractivity contribution is 5.91. The molecular weight excluding hydrogens is 322 g/mol. The monoisotopic (exact) mass is 347 g/mol. The highest BCUT2D eigenvalue weighted by Crippen LogP contribution is 2.24. The Labute approximate surface area is 155 Å². The Morgan fingerprint density at radius 3 is 2.38 bits per heavy atom. The molecule has 2 aromatic carbocycles. The van der Waals surface area contributed by atoms with Crippen molar-refractivity contribution in [2.24, 2.45) is 5.92 Å². The number of rotatable bonds is 5. The van der Waals surface area contributed by atoms with Crippen LogP contribution in [0.3, 0.4) is 0 Å². The Bertz CT molecular complexity index is 767. The molecule has 1 saturated heterocycles. The lowest BCUT2D eigenvalue weighted by atomic mass is 9.99. The van der Waals surface area contributed by atoms with Gasteiger partial charge in [-0.3, -0.25) is 4.79 Å². The standard InChI is InChI=1S/C22H25N3O/c1-17-12-14-25(15-13-17)21-9-7-20(8-10-21)24-22(26)11-6-18-2-4-19(16-23)5-3-18/h2-5,7-10,17H,6,11-15H2,1H3,(H,24,26). The first-order valence-electron chi connectivity index (χ1n) is 9.28. The Morgan fingerprint density at radius 2 is 1.77 bits per heavy atom. The van der Waals surface area contributed by atoms with E-state index in [-0.39, 0.29) is 5.91 Å². The molecule has 0 aliphatic carbocycles. The fourth-order valence-electron chi connectivity index (χ4n) is 3.25. The van der Waals surface area contributed by atoms with E-state index >= 15 is 0 Å². The highest BCUT2D eigenvalue weighted by atomic mass is 16.1. The molecule has 0 unspecified atom stereocenters. The van der Waals surface area contributed by atoms with Crippen molar-refractivity contribution in [3.63, 3.8) is 0 Å². The fourth-order valence-corrected chi connectivity index (χ4v) is 3.25. The Hall–Kier alpha value is -2.80. The molecule has 0 spiro atoms. The van der Waals surface area contributed by atoms with Gasteiger partial charge in [-0.05, 0) is 67.1 Å². The number of benzene rings is 2. The van der Waals surface area contributed by atoms with E-state index < -0.39 is 0 Å². The van der Waals surface area contributed by atoms with Gasteiger partial charge in [-0.1, -0.05) is 19.1 Å². The molecule has 4 heteroatoms. The van der Waals surface area contributed by atoms with Crippen LogP contribution >= 0.6 is 0 Å². The zero-order chi connectivity index (χ0) is 18.4. The normalized spacial score (nSPS) is 14.7. The van der Waals surface area contributed by atoms with E-state index in [2.05, 4.69) is 35.3 Å². The van der Waals surface area contributed by atoms with Gasteiger partial charge >= 0.3 is 0 Å². The van der Waals surface area contributed by atoms with Crippen LogP contribution in [0.1, 0.15) is 37.3 Å². The summed E-state index contributed by atoms with van der Waals surface area (Å²) in [4.78, 5) is 14.6. The number of carbonyl (C=O) groups is 1. The van der Waals surface area contributed by atoms with Gasteiger partial charge in [0.2, 0.25) is 5.91 Å². The van der Waals surface area contributed by atoms with E-state index in [0.717, 1.165) is 30.3 Å². The van der Waals surface area contributed by atoms with Crippen LogP contribution in [0.4, 0.5) is 11.4 Å². The van der Waals surface area contributed by atoms with Crippen molar-refractivity contribution in [1.82, 2.24) is 0 Å². The summed E-state index contributed by atoms with van der Waals surface area (Å²) in [5, 5.41) is 11.8. The lowest BCUT2D eigenvalue weighted by Gasteiger charge is -2.32. The first kappa shape index (κ1) is 18.0. The average molecular weight is 347 g/mol. The molecule has 1 fully saturated rings. The van der Waals surface area contributed by atoms with Crippen molar-refractivity contribution in [3.8, 4) is 6.07 Å². The Morgan fingerprint density at radius 1 is 1.12 bits per heavy atom. The fraction of sp³-hybridized carbons (Fsp3) is 0.364. The second-order valence-corrected chi connectivity index (χ2v) is 7.07. The molecule has 1 amide bonds. The quantitative estimate of drug-likeness (QED) is 0.874. The molecule has 1 N–H and O–H groups in total. The predicted octanol–water partition coefficient (Wildman–Crippen LogP) is 4.37. The molecule has 0 atom stereocenters. The van der Waals surface area contributed by atoms with Crippen molar-refractivity contribution in [3.05, 3.63) is 59.7 Å². The van der Waals surface area contributed by atoms with Crippen LogP contribution < -0.4 is 10.2 Å². The van der Waals surface area contributed by atoms with Crippen LogP contribution in [0.25, 0.3) is 0 Å². The first-order valence-corrected chi connectivity index (χ1v) is 9.28. The third-order valence-corrected chi connectivity index (χ3v) is 5.02. The van der Waals surface area contributed by atoms with Crippen LogP contribution in [-0.2, 0) is 11.2 Å². The maximum Gasteiger partial charge on any atom is 0.224 e. The SMILES string of the molecule is CC1CCN(c2ccc(NC(=O)CCc3ccc(C#N)cc3)cc2)CC1. The van der Waals surface area contributed by atoms with E-state index in [9.17, 15) is 4.79 Å². The minimum atomic E-state index is 0.00825. The van der Waals surface area contributed by atoms with E-state index in [1.807, 2.05) is 24.3 Å². The lowest BCUT2D eigenvalue weighted by molar-refractivity contribution is -0.116. The number of carbonyl (C=O) groups excluding carboxylic acids is 1. The number of nitriles is 1. The Kier molecular flexibility index (Phi) is 5.91. The number of aryl methyl sites for hydroxylation is 1. The summed E-state index contributed by atoms with van der Waals surface area (Å²) in [5.41, 5.74) is 3.77. The van der Waals surface area contributed by atoms with Gasteiger partial charge in [0.25, 0.3) is 0 Å². The lowest BCUT2D eigenvalue weighted by Crippen LogP contribution is -2.32. The summed E-state index contributed by atoms with van der Waals surface area (Å²) in [5.74, 6) is 0.829. The van der Waals surface area contributed by atoms with Gasteiger partial charge in [-0.25, -0.2) is 0 Å². The number of hydrogen-bond donors (Lipinski definition) is 1. The molecule has 1 heterocycles. The highest BCUT2D eigenvalue weighted by Gasteiger charge is 2.15. The summed E-state index contributed by atoms with van der Waals surface area (Å²) in [6, 6.07) is 17.6. The largest absolute Gasteiger partial charge is 0.372 e. The number of nitrogens with zero attached hydrogens (tertiary/aromatic N) is 2. The number of nitrogens with one attached hydrogen (secondary N) is 1. The molecule has 1 aliphatic heterocycles. The average Bonchev–Trinajstić information content (AvgIpc) is 2.68. The number of hydrogen-bond acceptors (Lipinski definition) is 3. The van der Waals surface area contributed by atoms with Crippen molar-refractivity contribution < 1.29 is 4.79 Å². The van der Waals surface area contributed by atoms with Crippen molar-refractivity contribution in [2.75, 3.05) is 23.3 Å². The van der Waals surface area contributed by atoms with Crippen LogP contribution in [-0.4, -0.2) is 19.0 Å². The first-order chi connectivity index (χ1) is 12.6. The van der Waals surface area contributed by atoms with Crippen LogP contribution in [0.5, 0.6) is 0 Å². The predicted molar refractivity (Wildman–Crippen MR) is 105 cm³/mol. The molecule has 0 radical (unpaired) electrons. The van der Waals surface area contributed by atoms with Gasteiger partial charge < -0.3 is 10.2 Å². The summed E-state index contributed by atoms with van der Waals surface area (Å²) >= 11 is 0. The van der Waals surface area contributed by atoms with Gasteiger partial charge in [0.1, 0.15) is 0 Å². The zero-order valence-electron chi connectivity index (χ0n) is 15.2. The van der Waals surface area contributed by atoms with Crippen molar-refractivity contribution in [1.29, 1.82) is 5.26 Å². The second-order valence-electron chi connectivity index (χ2n) is 7.07. The van der Waals surface area contributed by atoms with Crippen LogP contribution in [0.2, 0.25) is 0 Å². The molecule has 4 nitrogen and oxygen atoms in total. The molecule has 3 rings (SSSR count). The van der Waals surface area contributed by atoms with E-state index in [0.29, 0.717) is 18.4 Å². The number of amides is 1. The molecule has 26 heavy (non-hydrogen) atoms.